The topological polar surface area (TPSA) is 125 Å². The van der Waals surface area contributed by atoms with Crippen molar-refractivity contribution in [3.05, 3.63) is 517 Å². The van der Waals surface area contributed by atoms with Gasteiger partial charge in [-0.1, -0.05) is 393 Å². The average molecular weight is 1900 g/mol. The summed E-state index contributed by atoms with van der Waals surface area (Å²) in [6.45, 7) is 37.8. The summed E-state index contributed by atoms with van der Waals surface area (Å²) in [5.74, 6) is 8.20. The second-order valence-corrected chi connectivity index (χ2v) is 37.1. The molecule has 0 bridgehead atoms. The van der Waals surface area contributed by atoms with Gasteiger partial charge in [0.05, 0.1) is 16.5 Å². The highest BCUT2D eigenvalue weighted by molar-refractivity contribution is 5.91. The molecule has 10 heteroatoms. The maximum Gasteiger partial charge on any atom is 0.340 e. The van der Waals surface area contributed by atoms with E-state index in [0.29, 0.717) is 11.1 Å². The summed E-state index contributed by atoms with van der Waals surface area (Å²) in [6.07, 6.45) is 6.36. The van der Waals surface area contributed by atoms with E-state index in [9.17, 15) is 9.59 Å². The van der Waals surface area contributed by atoms with Crippen molar-refractivity contribution in [2.24, 2.45) is 5.92 Å². The standard InChI is InChI=1S/C29H28O2.C27H22.C20H18O2.C17H16O4.C14H13N.C14H14O.C7H16.C3H8.2CH4/c1-21-5-13-25(14-6-21)30-27-17-9-23(10-18-27)29(3,4)24-11-19-28(20-12-24)31-26-15-7-22(2)8-16-26;1-19-11-15-21(16-12-19)27(22-17-13-20(2)14-18-22)25-9-5-3-7-23(25)24-8-4-6-10-26(24)27;1-15-6-10-17(11-7-15)21-19-4-3-5-20(14-19)22-18-12-8-16(2)9-13-18;1-12-3-7-14(8-4-12)16(18)20-11-21-17(19)15-9-5-13(2)6-10-15;1-9-2-4-13-10(6-9)7-11-8-12(15)3-5-14(11)13;1-11-6-8-13(9-7-11)15-14-5-3-4-12(2)10-14;1-4-6-7(3)5-2;1-3-2;;/h5-20H,1-4H3;3-18H,1-2H3;3-14H,1-2H3;3-10H,11H2,1-2H3;2-6,8H,7,15H2,1H3;3-10H,1-2H3;7H,4-6H2,1-3H3;3H2,1-2H3;2*1H4. The number of nitrogens with two attached hydrogens (primary N) is 1. The van der Waals surface area contributed by atoms with Gasteiger partial charge in [-0.15, -0.1) is 0 Å². The first kappa shape index (κ1) is 109. The van der Waals surface area contributed by atoms with E-state index in [1.54, 1.807) is 24.3 Å². The first-order chi connectivity index (χ1) is 68.0. The Bertz CT molecular complexity index is 6450. The van der Waals surface area contributed by atoms with Crippen LogP contribution in [0.1, 0.15) is 215 Å². The van der Waals surface area contributed by atoms with Gasteiger partial charge in [0.15, 0.2) is 0 Å². The number of carbonyl (C=O) groups is 2. The van der Waals surface area contributed by atoms with Crippen LogP contribution in [0.4, 0.5) is 5.69 Å². The molecule has 10 nitrogen and oxygen atoms in total. The van der Waals surface area contributed by atoms with Gasteiger partial charge in [0.1, 0.15) is 57.5 Å². The SMILES string of the molecule is C.C.CCC.CCCC(C)CC.Cc1ccc(C(=O)OCOC(=O)c2ccc(C)cc2)cc1.Cc1ccc(C2(c3ccc(C)cc3)c3ccccc3-c3ccccc32)cc1.Cc1ccc(Oc2ccc(C(C)(C)c3ccc(Oc4ccc(C)cc4)cc3)cc2)cc1.Cc1ccc(Oc2cccc(C)c2)cc1.Cc1ccc(Oc2cccc(Oc3ccc(C)cc3)c2)cc1.Cc1ccc2c(c1)Cc1cc(N)ccc1-2. The third kappa shape index (κ3) is 31.5. The number of esters is 2. The Morgan fingerprint density at radius 1 is 0.301 bits per heavy atom. The summed E-state index contributed by atoms with van der Waals surface area (Å²) >= 11 is 0. The first-order valence-corrected chi connectivity index (χ1v) is 49.0. The molecule has 0 saturated heterocycles. The van der Waals surface area contributed by atoms with E-state index < -0.39 is 18.7 Å². The molecule has 0 aliphatic heterocycles. The van der Waals surface area contributed by atoms with Crippen LogP contribution >= 0.6 is 0 Å². The molecule has 0 radical (unpaired) electrons. The van der Waals surface area contributed by atoms with Gasteiger partial charge in [-0.2, -0.15) is 0 Å². The van der Waals surface area contributed by atoms with Crippen molar-refractivity contribution in [1.29, 1.82) is 0 Å². The van der Waals surface area contributed by atoms with E-state index in [1.165, 1.54) is 143 Å². The van der Waals surface area contributed by atoms with Crippen LogP contribution in [-0.4, -0.2) is 18.7 Å². The van der Waals surface area contributed by atoms with Crippen molar-refractivity contribution in [3.63, 3.8) is 0 Å². The number of rotatable bonds is 21. The van der Waals surface area contributed by atoms with Crippen LogP contribution in [0.25, 0.3) is 22.3 Å². The average Bonchev–Trinajstić information content (AvgIpc) is 1.54. The fraction of sp³-hybridized carbons (Fsp3) is 0.218. The number of fused-ring (bicyclic) bond motifs is 6. The smallest absolute Gasteiger partial charge is 0.340 e. The molecule has 17 aromatic carbocycles. The third-order valence-corrected chi connectivity index (χ3v) is 24.6. The summed E-state index contributed by atoms with van der Waals surface area (Å²) in [7, 11) is 0. The number of carbonyl (C=O) groups excluding carboxylic acids is 2. The summed E-state index contributed by atoms with van der Waals surface area (Å²) in [5.41, 5.74) is 36.5. The lowest BCUT2D eigenvalue weighted by Gasteiger charge is -2.34. The van der Waals surface area contributed by atoms with Gasteiger partial charge in [-0.05, 0) is 306 Å². The van der Waals surface area contributed by atoms with Gasteiger partial charge in [0.2, 0.25) is 6.79 Å². The summed E-state index contributed by atoms with van der Waals surface area (Å²) in [6, 6.07) is 135. The zero-order valence-electron chi connectivity index (χ0n) is 85.2. The molecule has 143 heavy (non-hydrogen) atoms. The molecular weight excluding hydrogens is 1760 g/mol. The molecule has 19 rings (SSSR count). The van der Waals surface area contributed by atoms with E-state index >= 15 is 0 Å². The second kappa shape index (κ2) is 53.8. The van der Waals surface area contributed by atoms with Crippen LogP contribution in [-0.2, 0) is 26.7 Å². The van der Waals surface area contributed by atoms with Crippen molar-refractivity contribution in [2.45, 2.75) is 182 Å². The van der Waals surface area contributed by atoms with Gasteiger partial charge in [-0.25, -0.2) is 9.59 Å². The zero-order chi connectivity index (χ0) is 100. The first-order valence-electron chi connectivity index (χ1n) is 49.0. The van der Waals surface area contributed by atoms with Gasteiger partial charge in [0.25, 0.3) is 0 Å². The number of ether oxygens (including phenoxy) is 7. The van der Waals surface area contributed by atoms with Crippen LogP contribution in [0.3, 0.4) is 0 Å². The maximum atomic E-state index is 11.7. The Kier molecular flexibility index (Phi) is 41.2. The van der Waals surface area contributed by atoms with Crippen LogP contribution in [0, 0.1) is 82.1 Å². The normalized spacial score (nSPS) is 11.3. The van der Waals surface area contributed by atoms with Crippen molar-refractivity contribution in [1.82, 2.24) is 0 Å². The molecule has 734 valence electrons. The Hall–Kier alpha value is -15.5. The largest absolute Gasteiger partial charge is 0.457 e. The Balaban J connectivity index is 0.000000175. The summed E-state index contributed by atoms with van der Waals surface area (Å²) < 4.78 is 39.2. The molecule has 0 heterocycles. The number of aryl methyl sites for hydroxylation is 11. The van der Waals surface area contributed by atoms with Crippen molar-refractivity contribution >= 4 is 17.6 Å². The van der Waals surface area contributed by atoms with Gasteiger partial charge >= 0.3 is 11.9 Å². The van der Waals surface area contributed by atoms with Gasteiger partial charge in [0, 0.05) is 17.2 Å². The molecule has 2 aliphatic carbocycles. The zero-order valence-corrected chi connectivity index (χ0v) is 85.2. The Morgan fingerprint density at radius 2 is 0.580 bits per heavy atom. The number of nitrogen functional groups attached to an aromatic ring is 1. The minimum atomic E-state index is -0.522. The molecule has 0 saturated carbocycles. The lowest BCUT2D eigenvalue weighted by Crippen LogP contribution is -2.28. The molecule has 17 aromatic rings. The molecule has 0 fully saturated rings. The van der Waals surface area contributed by atoms with Gasteiger partial charge < -0.3 is 38.9 Å². The van der Waals surface area contributed by atoms with Crippen LogP contribution in [0.5, 0.6) is 57.5 Å². The van der Waals surface area contributed by atoms with Crippen molar-refractivity contribution in [2.75, 3.05) is 12.5 Å². The number of benzene rings is 17. The molecule has 2 N–H and O–H groups in total. The summed E-state index contributed by atoms with van der Waals surface area (Å²) in [5, 5.41) is 0. The van der Waals surface area contributed by atoms with Crippen molar-refractivity contribution in [3.8, 4) is 79.7 Å². The van der Waals surface area contributed by atoms with Crippen LogP contribution < -0.4 is 29.4 Å². The highest BCUT2D eigenvalue weighted by Gasteiger charge is 2.46. The van der Waals surface area contributed by atoms with Crippen LogP contribution in [0.15, 0.2) is 400 Å². The van der Waals surface area contributed by atoms with Crippen molar-refractivity contribution < 1.29 is 42.7 Å². The summed E-state index contributed by atoms with van der Waals surface area (Å²) in [4.78, 5) is 23.4. The maximum absolute atomic E-state index is 11.7. The molecule has 0 aromatic heterocycles. The quantitative estimate of drug-likeness (QED) is 0.0422. The van der Waals surface area contributed by atoms with Crippen LogP contribution in [0.2, 0.25) is 0 Å². The van der Waals surface area contributed by atoms with E-state index in [4.69, 9.17) is 38.9 Å². The lowest BCUT2D eigenvalue weighted by atomic mass is 9.67. The predicted octanol–water partition coefficient (Wildman–Crippen LogP) is 36.8. The monoisotopic (exact) mass is 1900 g/mol. The Labute approximate surface area is 852 Å². The number of hydrogen-bond donors (Lipinski definition) is 1. The molecule has 1 atom stereocenters. The highest BCUT2D eigenvalue weighted by Crippen LogP contribution is 2.56. The van der Waals surface area contributed by atoms with E-state index in [-0.39, 0.29) is 25.7 Å². The third-order valence-electron chi connectivity index (χ3n) is 24.6. The minimum Gasteiger partial charge on any atom is -0.457 e. The fourth-order valence-electron chi connectivity index (χ4n) is 16.4. The number of hydrogen-bond acceptors (Lipinski definition) is 10. The molecular formula is C133H143NO9. The number of anilines is 1. The minimum absolute atomic E-state index is 0. The van der Waals surface area contributed by atoms with E-state index in [0.717, 1.165) is 86.6 Å². The van der Waals surface area contributed by atoms with E-state index in [2.05, 4.69) is 293 Å². The Morgan fingerprint density at radius 3 is 0.909 bits per heavy atom. The highest BCUT2D eigenvalue weighted by atomic mass is 16.7. The molecule has 0 spiro atoms. The predicted molar refractivity (Wildman–Crippen MR) is 598 cm³/mol. The molecule has 2 aliphatic rings. The van der Waals surface area contributed by atoms with Gasteiger partial charge in [-0.3, -0.25) is 0 Å². The lowest BCUT2D eigenvalue weighted by molar-refractivity contribution is -0.0167. The second-order valence-electron chi connectivity index (χ2n) is 37.1. The fourth-order valence-corrected chi connectivity index (χ4v) is 16.4. The molecule has 0 amide bonds. The molecule has 1 unspecified atom stereocenters. The van der Waals surface area contributed by atoms with E-state index in [1.807, 2.05) is 208 Å².